The highest BCUT2D eigenvalue weighted by Gasteiger charge is 2.43. The Morgan fingerprint density at radius 2 is 2.12 bits per heavy atom. The van der Waals surface area contributed by atoms with Crippen molar-refractivity contribution >= 4 is 11.8 Å². The van der Waals surface area contributed by atoms with E-state index in [-0.39, 0.29) is 24.5 Å². The molecule has 7 nitrogen and oxygen atoms in total. The Hall–Kier alpha value is -2.12. The smallest absolute Gasteiger partial charge is 0.254 e. The Kier molecular flexibility index (Phi) is 5.48. The molecule has 0 N–H and O–H groups in total. The van der Waals surface area contributed by atoms with Gasteiger partial charge >= 0.3 is 0 Å². The van der Waals surface area contributed by atoms with Crippen LogP contribution in [0.1, 0.15) is 24.2 Å². The predicted octanol–water partition coefficient (Wildman–Crippen LogP) is 1.17. The van der Waals surface area contributed by atoms with Crippen molar-refractivity contribution in [2.45, 2.75) is 25.5 Å². The molecule has 142 valence electrons. The van der Waals surface area contributed by atoms with E-state index in [4.69, 9.17) is 14.2 Å². The molecule has 7 heteroatoms. The fraction of sp³-hybridized carbons (Fsp3) is 0.579. The molecule has 1 aromatic rings. The van der Waals surface area contributed by atoms with Crippen LogP contribution in [-0.2, 0) is 14.3 Å². The van der Waals surface area contributed by atoms with E-state index in [0.717, 1.165) is 0 Å². The summed E-state index contributed by atoms with van der Waals surface area (Å²) in [7, 11) is 1.58. The maximum absolute atomic E-state index is 13.0. The van der Waals surface area contributed by atoms with Crippen LogP contribution in [0.5, 0.6) is 5.75 Å². The van der Waals surface area contributed by atoms with Crippen molar-refractivity contribution in [3.05, 3.63) is 29.8 Å². The summed E-state index contributed by atoms with van der Waals surface area (Å²) in [4.78, 5) is 28.7. The van der Waals surface area contributed by atoms with Crippen molar-refractivity contribution in [1.82, 2.24) is 9.80 Å². The first-order chi connectivity index (χ1) is 12.4. The molecule has 2 aliphatic heterocycles. The first kappa shape index (κ1) is 18.7. The van der Waals surface area contributed by atoms with Gasteiger partial charge in [-0.05, 0) is 32.0 Å². The second-order valence-electron chi connectivity index (χ2n) is 7.10. The molecule has 0 bridgehead atoms. The summed E-state index contributed by atoms with van der Waals surface area (Å²) in [6, 6.07) is 7.17. The van der Waals surface area contributed by atoms with Gasteiger partial charge in [0.15, 0.2) is 0 Å². The third-order valence-electron chi connectivity index (χ3n) is 4.85. The van der Waals surface area contributed by atoms with Gasteiger partial charge in [-0.1, -0.05) is 6.07 Å². The Morgan fingerprint density at radius 1 is 1.31 bits per heavy atom. The Bertz CT molecular complexity index is 678. The summed E-state index contributed by atoms with van der Waals surface area (Å²) in [5.41, 5.74) is -0.115. The maximum Gasteiger partial charge on any atom is 0.254 e. The van der Waals surface area contributed by atoms with Gasteiger partial charge in [-0.25, -0.2) is 0 Å². The molecule has 0 aromatic heterocycles. The second-order valence-corrected chi connectivity index (χ2v) is 7.10. The second kappa shape index (κ2) is 7.63. The van der Waals surface area contributed by atoms with Gasteiger partial charge in [0, 0.05) is 18.2 Å². The number of nitrogens with zero attached hydrogens (tertiary/aromatic N) is 2. The third kappa shape index (κ3) is 3.83. The van der Waals surface area contributed by atoms with E-state index in [1.165, 1.54) is 0 Å². The molecular formula is C19H26N2O5. The zero-order chi connectivity index (χ0) is 18.7. The summed E-state index contributed by atoms with van der Waals surface area (Å²) in [5.74, 6) is 0.531. The van der Waals surface area contributed by atoms with Crippen LogP contribution in [0.2, 0.25) is 0 Å². The molecule has 2 heterocycles. The van der Waals surface area contributed by atoms with Gasteiger partial charge in [0.1, 0.15) is 18.0 Å². The van der Waals surface area contributed by atoms with Crippen LogP contribution < -0.4 is 4.74 Å². The Balaban J connectivity index is 1.79. The van der Waals surface area contributed by atoms with Gasteiger partial charge in [0.2, 0.25) is 5.91 Å². The quantitative estimate of drug-likeness (QED) is 0.808. The normalized spacial score (nSPS) is 24.1. The lowest BCUT2D eigenvalue weighted by molar-refractivity contribution is -0.140. The monoisotopic (exact) mass is 362 g/mol. The zero-order valence-electron chi connectivity index (χ0n) is 15.6. The van der Waals surface area contributed by atoms with Crippen molar-refractivity contribution in [2.75, 3.05) is 46.6 Å². The molecule has 0 radical (unpaired) electrons. The number of carbonyl (C=O) groups is 2. The summed E-state index contributed by atoms with van der Waals surface area (Å²) in [6.07, 6.45) is 0. The number of carbonyl (C=O) groups excluding carboxylic acids is 2. The summed E-state index contributed by atoms with van der Waals surface area (Å²) < 4.78 is 16.8. The highest BCUT2D eigenvalue weighted by molar-refractivity contribution is 5.94. The highest BCUT2D eigenvalue weighted by Crippen LogP contribution is 2.25. The zero-order valence-corrected chi connectivity index (χ0v) is 15.6. The number of hydrogen-bond acceptors (Lipinski definition) is 5. The van der Waals surface area contributed by atoms with Gasteiger partial charge in [0.05, 0.1) is 33.4 Å². The molecule has 0 saturated carbocycles. The molecule has 26 heavy (non-hydrogen) atoms. The fourth-order valence-corrected chi connectivity index (χ4v) is 3.46. The number of methoxy groups -OCH3 is 1. The standard InChI is InChI=1S/C19H26N2O5/c1-14(2)21-12-19(13-25-10-17(21)22)11-20(7-8-26-19)18(23)15-5-4-6-16(9-15)24-3/h4-6,9,14H,7-8,10-13H2,1-3H3. The van der Waals surface area contributed by atoms with Gasteiger partial charge in [-0.2, -0.15) is 0 Å². The van der Waals surface area contributed by atoms with Gasteiger partial charge < -0.3 is 24.0 Å². The molecule has 2 fully saturated rings. The molecule has 1 atom stereocenters. The van der Waals surface area contributed by atoms with Crippen molar-refractivity contribution < 1.29 is 23.8 Å². The summed E-state index contributed by atoms with van der Waals surface area (Å²) in [5, 5.41) is 0. The number of ether oxygens (including phenoxy) is 3. The minimum atomic E-state index is -0.691. The Labute approximate surface area is 153 Å². The summed E-state index contributed by atoms with van der Waals surface area (Å²) in [6.45, 7) is 6.02. The minimum absolute atomic E-state index is 0.0447. The molecule has 1 unspecified atom stereocenters. The fourth-order valence-electron chi connectivity index (χ4n) is 3.46. The Morgan fingerprint density at radius 3 is 2.85 bits per heavy atom. The van der Waals surface area contributed by atoms with Crippen LogP contribution in [0.4, 0.5) is 0 Å². The number of rotatable bonds is 3. The van der Waals surface area contributed by atoms with E-state index in [2.05, 4.69) is 0 Å². The molecule has 2 amide bonds. The van der Waals surface area contributed by atoms with Crippen LogP contribution in [0.25, 0.3) is 0 Å². The molecule has 0 aliphatic carbocycles. The number of benzene rings is 1. The largest absolute Gasteiger partial charge is 0.497 e. The van der Waals surface area contributed by atoms with Crippen LogP contribution in [-0.4, -0.2) is 79.8 Å². The molecule has 1 spiro atoms. The van der Waals surface area contributed by atoms with E-state index in [0.29, 0.717) is 44.2 Å². The van der Waals surface area contributed by atoms with Gasteiger partial charge in [-0.3, -0.25) is 9.59 Å². The van der Waals surface area contributed by atoms with Crippen molar-refractivity contribution in [3.8, 4) is 5.75 Å². The lowest BCUT2D eigenvalue weighted by Gasteiger charge is -2.44. The average molecular weight is 362 g/mol. The van der Waals surface area contributed by atoms with E-state index in [9.17, 15) is 9.59 Å². The van der Waals surface area contributed by atoms with Crippen LogP contribution in [0, 0.1) is 0 Å². The number of morpholine rings is 1. The van der Waals surface area contributed by atoms with Crippen LogP contribution in [0.15, 0.2) is 24.3 Å². The third-order valence-corrected chi connectivity index (χ3v) is 4.85. The lowest BCUT2D eigenvalue weighted by Crippen LogP contribution is -2.60. The number of hydrogen-bond donors (Lipinski definition) is 0. The first-order valence-corrected chi connectivity index (χ1v) is 8.89. The molecule has 1 aromatic carbocycles. The van der Waals surface area contributed by atoms with E-state index < -0.39 is 5.60 Å². The number of amides is 2. The van der Waals surface area contributed by atoms with Gasteiger partial charge in [0.25, 0.3) is 5.91 Å². The molecule has 2 saturated heterocycles. The SMILES string of the molecule is COc1cccc(C(=O)N2CCOC3(COCC(=O)N(C(C)C)C3)C2)c1. The van der Waals surface area contributed by atoms with Crippen molar-refractivity contribution in [3.63, 3.8) is 0 Å². The maximum atomic E-state index is 13.0. The topological polar surface area (TPSA) is 68.3 Å². The van der Waals surface area contributed by atoms with E-state index >= 15 is 0 Å². The van der Waals surface area contributed by atoms with Crippen LogP contribution in [0.3, 0.4) is 0 Å². The predicted molar refractivity (Wildman–Crippen MR) is 95.2 cm³/mol. The van der Waals surface area contributed by atoms with Gasteiger partial charge in [-0.15, -0.1) is 0 Å². The van der Waals surface area contributed by atoms with E-state index in [1.54, 1.807) is 35.1 Å². The summed E-state index contributed by atoms with van der Waals surface area (Å²) >= 11 is 0. The minimum Gasteiger partial charge on any atom is -0.497 e. The van der Waals surface area contributed by atoms with Crippen molar-refractivity contribution in [2.24, 2.45) is 0 Å². The van der Waals surface area contributed by atoms with Crippen molar-refractivity contribution in [1.29, 1.82) is 0 Å². The lowest BCUT2D eigenvalue weighted by atomic mass is 10.00. The van der Waals surface area contributed by atoms with Crippen LogP contribution >= 0.6 is 0 Å². The van der Waals surface area contributed by atoms with E-state index in [1.807, 2.05) is 19.9 Å². The molecular weight excluding hydrogens is 336 g/mol. The molecule has 3 rings (SSSR count). The molecule has 2 aliphatic rings. The first-order valence-electron chi connectivity index (χ1n) is 8.89. The average Bonchev–Trinajstić information content (AvgIpc) is 2.80. The highest BCUT2D eigenvalue weighted by atomic mass is 16.5.